The number of ketones is 1. The molecule has 0 N–H and O–H groups in total. The fourth-order valence-electron chi connectivity index (χ4n) is 2.98. The van der Waals surface area contributed by atoms with Gasteiger partial charge in [0, 0.05) is 10.0 Å². The van der Waals surface area contributed by atoms with Crippen LogP contribution < -0.4 is 0 Å². The monoisotopic (exact) mass is 374 g/mol. The van der Waals surface area contributed by atoms with E-state index in [1.54, 1.807) is 18.2 Å². The molecule has 0 aliphatic heterocycles. The Morgan fingerprint density at radius 2 is 1.79 bits per heavy atom. The molecule has 0 radical (unpaired) electrons. The van der Waals surface area contributed by atoms with Gasteiger partial charge in [0.05, 0.1) is 22.3 Å². The van der Waals surface area contributed by atoms with Crippen molar-refractivity contribution in [2.45, 2.75) is 0 Å². The molecule has 4 rings (SSSR count). The maximum absolute atomic E-state index is 13.0. The number of nitriles is 1. The van der Waals surface area contributed by atoms with Crippen molar-refractivity contribution in [2.24, 2.45) is 0 Å². The summed E-state index contributed by atoms with van der Waals surface area (Å²) in [5, 5.41) is 10.5. The van der Waals surface area contributed by atoms with Gasteiger partial charge in [0.1, 0.15) is 6.07 Å². The van der Waals surface area contributed by atoms with Gasteiger partial charge >= 0.3 is 0 Å². The van der Waals surface area contributed by atoms with E-state index < -0.39 is 0 Å². The van der Waals surface area contributed by atoms with Crippen molar-refractivity contribution >= 4 is 38.1 Å². The predicted octanol–water partition coefficient (Wildman–Crippen LogP) is 4.96. The molecule has 0 atom stereocenters. The quantitative estimate of drug-likeness (QED) is 0.465. The summed E-state index contributed by atoms with van der Waals surface area (Å²) in [4.78, 5) is 13.0. The van der Waals surface area contributed by atoms with E-state index in [2.05, 4.69) is 22.0 Å². The SMILES string of the molecule is N#Cc1cc(C(=O)c2cccc(Br)c2)n2c1ccc1ccccc12. The van der Waals surface area contributed by atoms with Crippen LogP contribution in [-0.4, -0.2) is 10.2 Å². The molecule has 0 saturated carbocycles. The molecule has 0 unspecified atom stereocenters. The molecule has 4 aromatic rings. The van der Waals surface area contributed by atoms with E-state index in [-0.39, 0.29) is 5.78 Å². The number of fused-ring (bicyclic) bond motifs is 3. The van der Waals surface area contributed by atoms with E-state index >= 15 is 0 Å². The normalized spacial score (nSPS) is 10.8. The summed E-state index contributed by atoms with van der Waals surface area (Å²) in [5.41, 5.74) is 3.24. The zero-order chi connectivity index (χ0) is 16.7. The highest BCUT2D eigenvalue weighted by Gasteiger charge is 2.18. The Labute approximate surface area is 146 Å². The highest BCUT2D eigenvalue weighted by Crippen LogP contribution is 2.26. The van der Waals surface area contributed by atoms with Crippen molar-refractivity contribution in [1.29, 1.82) is 5.26 Å². The molecule has 0 amide bonds. The van der Waals surface area contributed by atoms with Crippen LogP contribution in [0.2, 0.25) is 0 Å². The molecule has 2 aromatic heterocycles. The van der Waals surface area contributed by atoms with E-state index in [9.17, 15) is 10.1 Å². The second-order valence-corrected chi connectivity index (χ2v) is 6.42. The molecule has 4 heteroatoms. The third-order valence-electron chi connectivity index (χ3n) is 4.08. The molecular weight excluding hydrogens is 364 g/mol. The number of nitrogens with zero attached hydrogens (tertiary/aromatic N) is 2. The highest BCUT2D eigenvalue weighted by molar-refractivity contribution is 9.10. The summed E-state index contributed by atoms with van der Waals surface area (Å²) in [6, 6.07) is 22.8. The van der Waals surface area contributed by atoms with Crippen LogP contribution in [0.3, 0.4) is 0 Å². The summed E-state index contributed by atoms with van der Waals surface area (Å²) in [6.07, 6.45) is 0. The first-order valence-corrected chi connectivity index (χ1v) is 8.22. The zero-order valence-electron chi connectivity index (χ0n) is 12.5. The molecule has 0 saturated heterocycles. The van der Waals surface area contributed by atoms with Gasteiger partial charge in [0.25, 0.3) is 0 Å². The van der Waals surface area contributed by atoms with E-state index in [4.69, 9.17) is 0 Å². The van der Waals surface area contributed by atoms with Crippen LogP contribution in [0.15, 0.2) is 71.2 Å². The lowest BCUT2D eigenvalue weighted by atomic mass is 10.1. The minimum Gasteiger partial charge on any atom is -0.305 e. The Bertz CT molecular complexity index is 1150. The molecule has 0 bridgehead atoms. The lowest BCUT2D eigenvalue weighted by Crippen LogP contribution is -2.05. The van der Waals surface area contributed by atoms with Crippen molar-refractivity contribution in [2.75, 3.05) is 0 Å². The number of hydrogen-bond acceptors (Lipinski definition) is 2. The standard InChI is InChI=1S/C20H11BrN2O/c21-16-6-3-5-14(10-16)20(24)19-11-15(12-22)18-9-8-13-4-1-2-7-17(13)23(18)19/h1-11H. The summed E-state index contributed by atoms with van der Waals surface area (Å²) < 4.78 is 2.72. The van der Waals surface area contributed by atoms with Gasteiger partial charge in [0.15, 0.2) is 0 Å². The molecule has 24 heavy (non-hydrogen) atoms. The van der Waals surface area contributed by atoms with Crippen LogP contribution in [0, 0.1) is 11.3 Å². The molecule has 114 valence electrons. The smallest absolute Gasteiger partial charge is 0.209 e. The number of benzene rings is 2. The maximum Gasteiger partial charge on any atom is 0.209 e. The third kappa shape index (κ3) is 2.22. The van der Waals surface area contributed by atoms with Crippen LogP contribution in [0.25, 0.3) is 16.4 Å². The molecule has 0 spiro atoms. The zero-order valence-corrected chi connectivity index (χ0v) is 14.1. The van der Waals surface area contributed by atoms with E-state index in [1.165, 1.54) is 0 Å². The Balaban J connectivity index is 2.06. The summed E-state index contributed by atoms with van der Waals surface area (Å²) in [5.74, 6) is -0.107. The minimum atomic E-state index is -0.107. The molecule has 0 aliphatic carbocycles. The Morgan fingerprint density at radius 3 is 2.58 bits per heavy atom. The number of rotatable bonds is 2. The summed E-state index contributed by atoms with van der Waals surface area (Å²) >= 11 is 3.40. The lowest BCUT2D eigenvalue weighted by Gasteiger charge is -2.07. The summed E-state index contributed by atoms with van der Waals surface area (Å²) in [7, 11) is 0. The number of aromatic nitrogens is 1. The first kappa shape index (κ1) is 14.7. The average molecular weight is 375 g/mol. The van der Waals surface area contributed by atoms with Gasteiger partial charge in [-0.25, -0.2) is 0 Å². The molecule has 2 heterocycles. The van der Waals surface area contributed by atoms with Crippen molar-refractivity contribution in [3.05, 3.63) is 88.0 Å². The predicted molar refractivity (Wildman–Crippen MR) is 97.2 cm³/mol. The van der Waals surface area contributed by atoms with Crippen LogP contribution in [0.5, 0.6) is 0 Å². The molecular formula is C20H11BrN2O. The average Bonchev–Trinajstić information content (AvgIpc) is 3.00. The van der Waals surface area contributed by atoms with Crippen LogP contribution in [-0.2, 0) is 0 Å². The van der Waals surface area contributed by atoms with Crippen molar-refractivity contribution in [1.82, 2.24) is 4.40 Å². The molecule has 0 aliphatic rings. The van der Waals surface area contributed by atoms with E-state index in [1.807, 2.05) is 52.9 Å². The van der Waals surface area contributed by atoms with Gasteiger partial charge in [-0.15, -0.1) is 0 Å². The Morgan fingerprint density at radius 1 is 0.958 bits per heavy atom. The first-order valence-electron chi connectivity index (χ1n) is 7.42. The maximum atomic E-state index is 13.0. The second-order valence-electron chi connectivity index (χ2n) is 5.51. The Kier molecular flexibility index (Phi) is 3.44. The van der Waals surface area contributed by atoms with Crippen molar-refractivity contribution in [3.63, 3.8) is 0 Å². The van der Waals surface area contributed by atoms with Gasteiger partial charge < -0.3 is 4.40 Å². The number of pyridine rings is 1. The second kappa shape index (κ2) is 5.63. The number of carbonyl (C=O) groups excluding carboxylic acids is 1. The van der Waals surface area contributed by atoms with Gasteiger partial charge in [-0.2, -0.15) is 5.26 Å². The topological polar surface area (TPSA) is 45.3 Å². The first-order chi connectivity index (χ1) is 11.7. The van der Waals surface area contributed by atoms with Gasteiger partial charge in [-0.05, 0) is 35.7 Å². The third-order valence-corrected chi connectivity index (χ3v) is 4.57. The van der Waals surface area contributed by atoms with E-state index in [0.717, 1.165) is 20.9 Å². The number of para-hydroxylation sites is 1. The largest absolute Gasteiger partial charge is 0.305 e. The fourth-order valence-corrected chi connectivity index (χ4v) is 3.38. The number of hydrogen-bond donors (Lipinski definition) is 0. The van der Waals surface area contributed by atoms with Crippen molar-refractivity contribution < 1.29 is 4.79 Å². The van der Waals surface area contributed by atoms with Crippen LogP contribution in [0.4, 0.5) is 0 Å². The van der Waals surface area contributed by atoms with Gasteiger partial charge in [0.2, 0.25) is 5.78 Å². The lowest BCUT2D eigenvalue weighted by molar-refractivity contribution is 0.103. The van der Waals surface area contributed by atoms with Crippen LogP contribution >= 0.6 is 15.9 Å². The number of halogens is 1. The summed E-state index contributed by atoms with van der Waals surface area (Å²) in [6.45, 7) is 0. The van der Waals surface area contributed by atoms with Crippen molar-refractivity contribution in [3.8, 4) is 6.07 Å². The molecule has 2 aromatic carbocycles. The highest BCUT2D eigenvalue weighted by atomic mass is 79.9. The Hall–Kier alpha value is -2.90. The van der Waals surface area contributed by atoms with E-state index in [0.29, 0.717) is 16.8 Å². The van der Waals surface area contributed by atoms with Crippen LogP contribution in [0.1, 0.15) is 21.6 Å². The molecule has 0 fully saturated rings. The van der Waals surface area contributed by atoms with Gasteiger partial charge in [-0.1, -0.05) is 52.3 Å². The number of carbonyl (C=O) groups is 1. The fraction of sp³-hybridized carbons (Fsp3) is 0. The van der Waals surface area contributed by atoms with Gasteiger partial charge in [-0.3, -0.25) is 4.79 Å². The molecule has 3 nitrogen and oxygen atoms in total. The minimum absolute atomic E-state index is 0.107.